The summed E-state index contributed by atoms with van der Waals surface area (Å²) < 4.78 is 15.9. The maximum Gasteiger partial charge on any atom is 1.00 e. The number of phenols is 1. The van der Waals surface area contributed by atoms with Gasteiger partial charge in [-0.15, -0.1) is 15.3 Å². The molecular formula is C27H23N5Na2O8S. The van der Waals surface area contributed by atoms with E-state index >= 15 is 0 Å². The first-order chi connectivity index (χ1) is 19.8. The summed E-state index contributed by atoms with van der Waals surface area (Å²) in [5.74, 6) is -1.02. The number of carbonyl (C=O) groups excluding carboxylic acids is 1. The Morgan fingerprint density at radius 2 is 1.56 bits per heavy atom. The monoisotopic (exact) mass is 623 g/mol. The number of anilines is 1. The molecule has 4 aromatic rings. The number of carboxylic acid groups (broad SMARTS) is 1. The Balaban J connectivity index is 0.00000323. The summed E-state index contributed by atoms with van der Waals surface area (Å²) >= 11 is 0.547. The molecule has 0 radical (unpaired) electrons. The van der Waals surface area contributed by atoms with Crippen LogP contribution in [0.1, 0.15) is 24.2 Å². The first kappa shape index (κ1) is 36.4. The third-order valence-corrected chi connectivity index (χ3v) is 6.10. The van der Waals surface area contributed by atoms with Gasteiger partial charge in [-0.25, -0.2) is 0 Å². The van der Waals surface area contributed by atoms with E-state index in [1.165, 1.54) is 24.3 Å². The molecule has 3 N–H and O–H groups in total. The van der Waals surface area contributed by atoms with Gasteiger partial charge in [0.1, 0.15) is 28.6 Å². The summed E-state index contributed by atoms with van der Waals surface area (Å²) in [6.45, 7) is 4.12. The first-order valence-corrected chi connectivity index (χ1v) is 12.9. The Labute approximate surface area is 294 Å². The third kappa shape index (κ3) is 9.36. The van der Waals surface area contributed by atoms with Crippen molar-refractivity contribution in [3.63, 3.8) is 0 Å². The molecule has 16 heteroatoms. The predicted octanol–water partition coefficient (Wildman–Crippen LogP) is -0.642. The standard InChI is InChI=1S/C27H25N5O8S.2Na/c1-3-37-22-14-21(23(38-4-2)13-20(22)30-29-18-7-5-6-16(10-18)27(34)35)31-32-25-24(41-40-39-36)11-15-8-9-17(28)12-19(15)26(25)33;;/h5-14,33,36H,3-4,28H2,1-2H3,(H,34,35);;/q;2*+1/p-2. The van der Waals surface area contributed by atoms with E-state index in [0.29, 0.717) is 28.5 Å². The number of ether oxygens (including phenoxy) is 2. The van der Waals surface area contributed by atoms with Gasteiger partial charge in [-0.05, 0) is 55.1 Å². The van der Waals surface area contributed by atoms with Crippen molar-refractivity contribution < 1.29 is 98.2 Å². The number of nitrogen functional groups attached to an aromatic ring is 1. The zero-order chi connectivity index (χ0) is 29.4. The molecule has 0 fully saturated rings. The van der Waals surface area contributed by atoms with E-state index in [1.807, 2.05) is 0 Å². The van der Waals surface area contributed by atoms with Crippen LogP contribution in [0.25, 0.3) is 10.8 Å². The summed E-state index contributed by atoms with van der Waals surface area (Å²) in [6, 6.07) is 15.4. The van der Waals surface area contributed by atoms with E-state index < -0.39 is 5.97 Å². The number of carboxylic acids is 1. The van der Waals surface area contributed by atoms with Gasteiger partial charge in [-0.3, -0.25) is 5.04 Å². The number of nitrogens with zero attached hydrogens (tertiary/aromatic N) is 4. The maximum absolute atomic E-state index is 11.2. The van der Waals surface area contributed by atoms with Gasteiger partial charge < -0.3 is 35.5 Å². The first-order valence-electron chi connectivity index (χ1n) is 12.1. The number of rotatable bonds is 12. The molecule has 0 spiro atoms. The van der Waals surface area contributed by atoms with Gasteiger partial charge in [0.2, 0.25) is 0 Å². The molecule has 4 aromatic carbocycles. The zero-order valence-corrected chi connectivity index (χ0v) is 28.6. The molecule has 0 aliphatic carbocycles. The van der Waals surface area contributed by atoms with Crippen molar-refractivity contribution in [1.29, 1.82) is 0 Å². The second-order valence-electron chi connectivity index (χ2n) is 8.16. The fourth-order valence-electron chi connectivity index (χ4n) is 3.72. The largest absolute Gasteiger partial charge is 1.00 e. The van der Waals surface area contributed by atoms with E-state index in [9.17, 15) is 20.3 Å². The molecule has 4 rings (SSSR count). The van der Waals surface area contributed by atoms with E-state index in [1.54, 1.807) is 50.2 Å². The number of phenolic OH excluding ortho intramolecular Hbond substituents is 1. The minimum atomic E-state index is -1.33. The molecule has 0 aliphatic rings. The van der Waals surface area contributed by atoms with Gasteiger partial charge in [0, 0.05) is 23.2 Å². The SMILES string of the molecule is CCOc1cc(N=Nc2c(SOO[O-])cc3ccc(N)cc3c2O)c(OCC)cc1N=Nc1cccc(C(=O)[O-])c1.[Na+].[Na+]. The Kier molecular flexibility index (Phi) is 14.8. The second kappa shape index (κ2) is 17.5. The van der Waals surface area contributed by atoms with Crippen LogP contribution in [0.4, 0.5) is 28.4 Å². The van der Waals surface area contributed by atoms with Crippen LogP contribution in [-0.2, 0) is 9.37 Å². The van der Waals surface area contributed by atoms with Crippen molar-refractivity contribution in [3.05, 3.63) is 66.2 Å². The zero-order valence-electron chi connectivity index (χ0n) is 23.8. The molecule has 0 atom stereocenters. The van der Waals surface area contributed by atoms with Crippen LogP contribution >= 0.6 is 12.0 Å². The van der Waals surface area contributed by atoms with Crippen LogP contribution in [-0.4, -0.2) is 24.3 Å². The quantitative estimate of drug-likeness (QED) is 0.0512. The summed E-state index contributed by atoms with van der Waals surface area (Å²) in [7, 11) is 0. The number of fused-ring (bicyclic) bond motifs is 1. The average Bonchev–Trinajstić information content (AvgIpc) is 2.96. The summed E-state index contributed by atoms with van der Waals surface area (Å²) in [5.41, 5.74) is 7.07. The van der Waals surface area contributed by atoms with E-state index in [2.05, 4.69) is 29.8 Å². The summed E-state index contributed by atoms with van der Waals surface area (Å²) in [5, 5.41) is 54.0. The molecule has 43 heavy (non-hydrogen) atoms. The number of aromatic hydroxyl groups is 1. The molecule has 0 amide bonds. The summed E-state index contributed by atoms with van der Waals surface area (Å²) in [4.78, 5) is 11.4. The fraction of sp³-hybridized carbons (Fsp3) is 0.148. The van der Waals surface area contributed by atoms with Crippen LogP contribution in [0.2, 0.25) is 0 Å². The number of azo groups is 2. The molecule has 0 saturated carbocycles. The van der Waals surface area contributed by atoms with Crippen molar-refractivity contribution in [2.24, 2.45) is 20.5 Å². The van der Waals surface area contributed by atoms with Crippen LogP contribution in [0, 0.1) is 0 Å². The molecule has 0 saturated heterocycles. The normalized spacial score (nSPS) is 11.0. The minimum absolute atomic E-state index is 0. The third-order valence-electron chi connectivity index (χ3n) is 5.48. The fourth-order valence-corrected chi connectivity index (χ4v) is 4.21. The van der Waals surface area contributed by atoms with Crippen LogP contribution in [0.15, 0.2) is 86.0 Å². The minimum Gasteiger partial charge on any atom is -0.691 e. The second-order valence-corrected chi connectivity index (χ2v) is 8.91. The average molecular weight is 624 g/mol. The van der Waals surface area contributed by atoms with Crippen molar-refractivity contribution in [3.8, 4) is 17.2 Å². The topological polar surface area (TPSA) is 196 Å². The Morgan fingerprint density at radius 1 is 0.907 bits per heavy atom. The number of hydrogen-bond acceptors (Lipinski definition) is 14. The number of aromatic carboxylic acids is 1. The van der Waals surface area contributed by atoms with Crippen molar-refractivity contribution in [2.45, 2.75) is 18.7 Å². The van der Waals surface area contributed by atoms with E-state index in [-0.39, 0.29) is 123 Å². The Morgan fingerprint density at radius 3 is 2.16 bits per heavy atom. The van der Waals surface area contributed by atoms with Gasteiger partial charge in [0.05, 0.1) is 41.8 Å². The molecule has 0 unspecified atom stereocenters. The van der Waals surface area contributed by atoms with Gasteiger partial charge in [0.25, 0.3) is 0 Å². The van der Waals surface area contributed by atoms with Crippen molar-refractivity contribution in [1.82, 2.24) is 0 Å². The van der Waals surface area contributed by atoms with Gasteiger partial charge in [-0.1, -0.05) is 18.2 Å². The van der Waals surface area contributed by atoms with Gasteiger partial charge in [0.15, 0.2) is 5.75 Å². The summed E-state index contributed by atoms with van der Waals surface area (Å²) in [6.07, 6.45) is 0. The predicted molar refractivity (Wildman–Crippen MR) is 146 cm³/mol. The number of nitrogens with two attached hydrogens (primary N) is 1. The van der Waals surface area contributed by atoms with Crippen LogP contribution in [0.5, 0.6) is 17.2 Å². The van der Waals surface area contributed by atoms with Gasteiger partial charge in [-0.2, -0.15) is 9.45 Å². The van der Waals surface area contributed by atoms with Gasteiger partial charge >= 0.3 is 59.1 Å². The number of carbonyl (C=O) groups is 1. The Bertz CT molecular complexity index is 1640. The van der Waals surface area contributed by atoms with E-state index in [0.717, 1.165) is 0 Å². The maximum atomic E-state index is 11.2. The molecule has 0 aliphatic heterocycles. The Hall–Kier alpha value is -2.76. The molecule has 0 heterocycles. The van der Waals surface area contributed by atoms with Crippen LogP contribution < -0.4 is 84.7 Å². The number of hydrogen-bond donors (Lipinski definition) is 2. The molecule has 0 aromatic heterocycles. The van der Waals surface area contributed by atoms with E-state index in [4.69, 9.17) is 15.2 Å². The molecular weight excluding hydrogens is 600 g/mol. The van der Waals surface area contributed by atoms with Crippen molar-refractivity contribution in [2.75, 3.05) is 18.9 Å². The molecule has 13 nitrogen and oxygen atoms in total. The smallest absolute Gasteiger partial charge is 0.691 e. The molecule has 0 bridgehead atoms. The molecule has 212 valence electrons. The van der Waals surface area contributed by atoms with Crippen LogP contribution in [0.3, 0.4) is 0 Å². The number of benzene rings is 4. The van der Waals surface area contributed by atoms with Crippen molar-refractivity contribution >= 4 is 57.2 Å².